The highest BCUT2D eigenvalue weighted by Gasteiger charge is 2.00. The normalized spacial score (nSPS) is 12.7. The average Bonchev–Trinajstić information content (AvgIpc) is 2.20. The van der Waals surface area contributed by atoms with Crippen LogP contribution in [0.4, 0.5) is 0 Å². The Hall–Kier alpha value is -0.610. The largest absolute Gasteiger partial charge is 0.315 e. The first kappa shape index (κ1) is 11.5. The topological polar surface area (TPSA) is 37.8 Å². The molecule has 14 heavy (non-hydrogen) atoms. The molecule has 0 aromatic carbocycles. The molecule has 1 unspecified atom stereocenters. The average molecular weight is 211 g/mol. The van der Waals surface area contributed by atoms with Crippen molar-refractivity contribution in [2.45, 2.75) is 31.5 Å². The van der Waals surface area contributed by atoms with Gasteiger partial charge >= 0.3 is 0 Å². The predicted molar refractivity (Wildman–Crippen MR) is 60.5 cm³/mol. The Morgan fingerprint density at radius 2 is 2.14 bits per heavy atom. The molecule has 1 N–H and O–H groups in total. The Labute approximate surface area is 89.7 Å². The molecule has 78 valence electrons. The minimum absolute atomic E-state index is 0.580. The van der Waals surface area contributed by atoms with E-state index in [1.165, 1.54) is 0 Å². The van der Waals surface area contributed by atoms with Crippen molar-refractivity contribution >= 4 is 11.8 Å². The molecule has 1 aromatic rings. The minimum Gasteiger partial charge on any atom is -0.315 e. The summed E-state index contributed by atoms with van der Waals surface area (Å²) in [6, 6.07) is 2.42. The molecule has 0 aliphatic carbocycles. The van der Waals surface area contributed by atoms with Gasteiger partial charge in [-0.25, -0.2) is 9.97 Å². The van der Waals surface area contributed by atoms with E-state index >= 15 is 0 Å². The first-order valence-electron chi connectivity index (χ1n) is 4.96. The van der Waals surface area contributed by atoms with Crippen molar-refractivity contribution in [2.24, 2.45) is 0 Å². The second kappa shape index (κ2) is 6.79. The maximum atomic E-state index is 4.15. The van der Waals surface area contributed by atoms with Crippen molar-refractivity contribution in [1.29, 1.82) is 0 Å². The number of thioether (sulfide) groups is 1. The SMILES string of the molecule is CCNC(C)CCSc1ncccn1. The summed E-state index contributed by atoms with van der Waals surface area (Å²) in [7, 11) is 0. The summed E-state index contributed by atoms with van der Waals surface area (Å²) in [6.45, 7) is 5.37. The molecule has 0 fully saturated rings. The van der Waals surface area contributed by atoms with E-state index in [1.54, 1.807) is 24.2 Å². The molecular weight excluding hydrogens is 194 g/mol. The van der Waals surface area contributed by atoms with Crippen LogP contribution >= 0.6 is 11.8 Å². The third-order valence-corrected chi connectivity index (χ3v) is 2.79. The first-order chi connectivity index (χ1) is 6.83. The van der Waals surface area contributed by atoms with Crippen LogP contribution in [0.25, 0.3) is 0 Å². The molecule has 0 spiro atoms. The standard InChI is InChI=1S/C10H17N3S/c1-3-11-9(2)5-8-14-10-12-6-4-7-13-10/h4,6-7,9,11H,3,5,8H2,1-2H3. The van der Waals surface area contributed by atoms with E-state index in [0.717, 1.165) is 23.9 Å². The fourth-order valence-electron chi connectivity index (χ4n) is 1.14. The van der Waals surface area contributed by atoms with Gasteiger partial charge in [0.15, 0.2) is 5.16 Å². The van der Waals surface area contributed by atoms with Crippen LogP contribution in [0, 0.1) is 0 Å². The van der Waals surface area contributed by atoms with Crippen molar-refractivity contribution in [3.8, 4) is 0 Å². The molecule has 0 saturated carbocycles. The maximum Gasteiger partial charge on any atom is 0.187 e. The van der Waals surface area contributed by atoms with Crippen LogP contribution in [0.5, 0.6) is 0 Å². The Balaban J connectivity index is 2.16. The molecule has 0 aliphatic rings. The van der Waals surface area contributed by atoms with Crippen molar-refractivity contribution < 1.29 is 0 Å². The summed E-state index contributed by atoms with van der Waals surface area (Å²) in [4.78, 5) is 8.31. The highest BCUT2D eigenvalue weighted by molar-refractivity contribution is 7.99. The van der Waals surface area contributed by atoms with E-state index in [0.29, 0.717) is 6.04 Å². The van der Waals surface area contributed by atoms with Crippen molar-refractivity contribution in [1.82, 2.24) is 15.3 Å². The van der Waals surface area contributed by atoms with E-state index in [4.69, 9.17) is 0 Å². The summed E-state index contributed by atoms with van der Waals surface area (Å²) in [5.74, 6) is 1.07. The van der Waals surface area contributed by atoms with Gasteiger partial charge in [0.1, 0.15) is 0 Å². The van der Waals surface area contributed by atoms with Crippen LogP contribution in [0.2, 0.25) is 0 Å². The zero-order chi connectivity index (χ0) is 10.2. The van der Waals surface area contributed by atoms with E-state index in [1.807, 2.05) is 6.07 Å². The van der Waals surface area contributed by atoms with E-state index < -0.39 is 0 Å². The lowest BCUT2D eigenvalue weighted by Gasteiger charge is -2.10. The molecule has 0 bridgehead atoms. The number of nitrogens with zero attached hydrogens (tertiary/aromatic N) is 2. The number of nitrogens with one attached hydrogen (secondary N) is 1. The number of rotatable bonds is 6. The van der Waals surface area contributed by atoms with Crippen LogP contribution in [-0.2, 0) is 0 Å². The third kappa shape index (κ3) is 4.58. The van der Waals surface area contributed by atoms with Gasteiger partial charge in [0.25, 0.3) is 0 Å². The third-order valence-electron chi connectivity index (χ3n) is 1.88. The first-order valence-corrected chi connectivity index (χ1v) is 5.94. The monoisotopic (exact) mass is 211 g/mol. The highest BCUT2D eigenvalue weighted by atomic mass is 32.2. The fraction of sp³-hybridized carbons (Fsp3) is 0.600. The summed E-state index contributed by atoms with van der Waals surface area (Å²) in [6.07, 6.45) is 4.71. The van der Waals surface area contributed by atoms with Gasteiger partial charge in [-0.1, -0.05) is 18.7 Å². The van der Waals surface area contributed by atoms with Gasteiger partial charge in [0, 0.05) is 24.2 Å². The highest BCUT2D eigenvalue weighted by Crippen LogP contribution is 2.12. The molecular formula is C10H17N3S. The minimum atomic E-state index is 0.580. The molecule has 0 aliphatic heterocycles. The summed E-state index contributed by atoms with van der Waals surface area (Å²) in [5.41, 5.74) is 0. The molecule has 1 aromatic heterocycles. The summed E-state index contributed by atoms with van der Waals surface area (Å²) in [5, 5.41) is 4.25. The quantitative estimate of drug-likeness (QED) is 0.576. The van der Waals surface area contributed by atoms with Gasteiger partial charge in [-0.2, -0.15) is 0 Å². The van der Waals surface area contributed by atoms with Gasteiger partial charge in [-0.15, -0.1) is 0 Å². The second-order valence-electron chi connectivity index (χ2n) is 3.13. The molecule has 1 rings (SSSR count). The van der Waals surface area contributed by atoms with Gasteiger partial charge in [0.2, 0.25) is 0 Å². The molecule has 1 atom stereocenters. The number of aromatic nitrogens is 2. The fourth-order valence-corrected chi connectivity index (χ4v) is 2.06. The molecule has 1 heterocycles. The lowest BCUT2D eigenvalue weighted by molar-refractivity contribution is 0.556. The van der Waals surface area contributed by atoms with Crippen molar-refractivity contribution in [3.63, 3.8) is 0 Å². The number of hydrogen-bond donors (Lipinski definition) is 1. The zero-order valence-corrected chi connectivity index (χ0v) is 9.55. The van der Waals surface area contributed by atoms with Gasteiger partial charge in [-0.3, -0.25) is 0 Å². The molecule has 3 nitrogen and oxygen atoms in total. The van der Waals surface area contributed by atoms with Crippen LogP contribution in [0.3, 0.4) is 0 Å². The molecule has 0 amide bonds. The van der Waals surface area contributed by atoms with Gasteiger partial charge in [0.05, 0.1) is 0 Å². The Morgan fingerprint density at radius 3 is 2.79 bits per heavy atom. The predicted octanol–water partition coefficient (Wildman–Crippen LogP) is 1.96. The second-order valence-corrected chi connectivity index (χ2v) is 4.19. The summed E-state index contributed by atoms with van der Waals surface area (Å²) >= 11 is 1.71. The Kier molecular flexibility index (Phi) is 5.56. The lowest BCUT2D eigenvalue weighted by atomic mass is 10.3. The van der Waals surface area contributed by atoms with Crippen LogP contribution in [0.1, 0.15) is 20.3 Å². The van der Waals surface area contributed by atoms with E-state index in [9.17, 15) is 0 Å². The van der Waals surface area contributed by atoms with Crippen LogP contribution in [0.15, 0.2) is 23.6 Å². The zero-order valence-electron chi connectivity index (χ0n) is 8.73. The Bertz CT molecular complexity index is 240. The molecule has 0 saturated heterocycles. The number of hydrogen-bond acceptors (Lipinski definition) is 4. The summed E-state index contributed by atoms with van der Waals surface area (Å²) < 4.78 is 0. The smallest absolute Gasteiger partial charge is 0.187 e. The Morgan fingerprint density at radius 1 is 1.43 bits per heavy atom. The molecule has 4 heteroatoms. The van der Waals surface area contributed by atoms with Gasteiger partial charge < -0.3 is 5.32 Å². The van der Waals surface area contributed by atoms with Gasteiger partial charge in [-0.05, 0) is 26.0 Å². The van der Waals surface area contributed by atoms with E-state index in [2.05, 4.69) is 29.1 Å². The van der Waals surface area contributed by atoms with Crippen LogP contribution in [-0.4, -0.2) is 28.3 Å². The van der Waals surface area contributed by atoms with Crippen LogP contribution < -0.4 is 5.32 Å². The van der Waals surface area contributed by atoms with Crippen molar-refractivity contribution in [2.75, 3.05) is 12.3 Å². The molecule has 0 radical (unpaired) electrons. The van der Waals surface area contributed by atoms with Crippen molar-refractivity contribution in [3.05, 3.63) is 18.5 Å². The van der Waals surface area contributed by atoms with E-state index in [-0.39, 0.29) is 0 Å². The lowest BCUT2D eigenvalue weighted by Crippen LogP contribution is -2.25. The maximum absolute atomic E-state index is 4.15.